The fourth-order valence-electron chi connectivity index (χ4n) is 4.10. The van der Waals surface area contributed by atoms with E-state index >= 15 is 0 Å². The smallest absolute Gasteiger partial charge is 0.254 e. The molecule has 1 amide bonds. The molecule has 6 nitrogen and oxygen atoms in total. The topological polar surface area (TPSA) is 60.9 Å². The molecule has 0 saturated carbocycles. The van der Waals surface area contributed by atoms with Crippen molar-refractivity contribution in [2.75, 3.05) is 44.2 Å². The van der Waals surface area contributed by atoms with Gasteiger partial charge in [-0.3, -0.25) is 4.79 Å². The van der Waals surface area contributed by atoms with Gasteiger partial charge in [0.2, 0.25) is 10.0 Å². The fraction of sp³-hybridized carbons (Fsp3) is 0.409. The van der Waals surface area contributed by atoms with Gasteiger partial charge in [0.25, 0.3) is 5.91 Å². The molecule has 0 bridgehead atoms. The third-order valence-corrected chi connectivity index (χ3v) is 7.80. The lowest BCUT2D eigenvalue weighted by Gasteiger charge is -2.36. The second-order valence-electron chi connectivity index (χ2n) is 7.82. The summed E-state index contributed by atoms with van der Waals surface area (Å²) in [7, 11) is -3.58. The molecule has 0 atom stereocenters. The fourth-order valence-corrected chi connectivity index (χ4v) is 5.64. The van der Waals surface area contributed by atoms with Crippen molar-refractivity contribution < 1.29 is 17.6 Å². The lowest BCUT2D eigenvalue weighted by atomic mass is 10.1. The molecule has 0 spiro atoms. The van der Waals surface area contributed by atoms with E-state index in [1.54, 1.807) is 35.2 Å². The molecule has 2 aromatic rings. The van der Waals surface area contributed by atoms with Crippen LogP contribution >= 0.6 is 0 Å². The Balaban J connectivity index is 1.51. The maximum absolute atomic E-state index is 14.0. The molecule has 0 aliphatic carbocycles. The van der Waals surface area contributed by atoms with Gasteiger partial charge in [-0.05, 0) is 49.6 Å². The largest absolute Gasteiger partial charge is 0.366 e. The predicted octanol–water partition coefficient (Wildman–Crippen LogP) is 2.88. The van der Waals surface area contributed by atoms with Crippen molar-refractivity contribution in [1.82, 2.24) is 9.21 Å². The Morgan fingerprint density at radius 1 is 0.933 bits per heavy atom. The quantitative estimate of drug-likeness (QED) is 0.747. The van der Waals surface area contributed by atoms with E-state index in [0.29, 0.717) is 50.5 Å². The van der Waals surface area contributed by atoms with E-state index < -0.39 is 10.0 Å². The third-order valence-electron chi connectivity index (χ3n) is 5.90. The molecule has 2 saturated heterocycles. The number of hydrogen-bond donors (Lipinski definition) is 0. The van der Waals surface area contributed by atoms with Crippen LogP contribution in [0, 0.1) is 12.7 Å². The number of rotatable bonds is 4. The molecule has 0 N–H and O–H groups in total. The third kappa shape index (κ3) is 3.94. The summed E-state index contributed by atoms with van der Waals surface area (Å²) >= 11 is 0. The van der Waals surface area contributed by atoms with E-state index in [2.05, 4.69) is 0 Å². The molecule has 0 unspecified atom stereocenters. The highest BCUT2D eigenvalue weighted by atomic mass is 32.2. The van der Waals surface area contributed by atoms with Crippen molar-refractivity contribution >= 4 is 21.6 Å². The SMILES string of the molecule is Cc1ccc(S(=O)(=O)N2CCCC2)cc1C(=O)N1CCN(c2ccccc2F)CC1. The van der Waals surface area contributed by atoms with Gasteiger partial charge in [-0.15, -0.1) is 0 Å². The molecule has 2 aromatic carbocycles. The number of para-hydroxylation sites is 1. The van der Waals surface area contributed by atoms with E-state index in [-0.39, 0.29) is 16.6 Å². The van der Waals surface area contributed by atoms with Gasteiger partial charge < -0.3 is 9.80 Å². The number of carbonyl (C=O) groups is 1. The van der Waals surface area contributed by atoms with E-state index in [0.717, 1.165) is 18.4 Å². The number of hydrogen-bond acceptors (Lipinski definition) is 4. The minimum atomic E-state index is -3.58. The average Bonchev–Trinajstić information content (AvgIpc) is 3.30. The molecule has 4 rings (SSSR count). The van der Waals surface area contributed by atoms with Crippen molar-refractivity contribution in [3.63, 3.8) is 0 Å². The normalized spacial score (nSPS) is 18.1. The number of anilines is 1. The molecular formula is C22H26FN3O3S. The zero-order valence-corrected chi connectivity index (χ0v) is 17.9. The number of carbonyl (C=O) groups excluding carboxylic acids is 1. The number of nitrogens with zero attached hydrogens (tertiary/aromatic N) is 3. The zero-order chi connectivity index (χ0) is 21.3. The molecular weight excluding hydrogens is 405 g/mol. The van der Waals surface area contributed by atoms with Crippen LogP contribution in [0.1, 0.15) is 28.8 Å². The lowest BCUT2D eigenvalue weighted by Crippen LogP contribution is -2.49. The van der Waals surface area contributed by atoms with Gasteiger partial charge >= 0.3 is 0 Å². The number of halogens is 1. The lowest BCUT2D eigenvalue weighted by molar-refractivity contribution is 0.0745. The molecule has 2 aliphatic heterocycles. The summed E-state index contributed by atoms with van der Waals surface area (Å²) in [4.78, 5) is 17.0. The van der Waals surface area contributed by atoms with Gasteiger partial charge in [0.1, 0.15) is 5.82 Å². The van der Waals surface area contributed by atoms with Crippen LogP contribution in [0.15, 0.2) is 47.4 Å². The second kappa shape index (κ2) is 8.35. The Morgan fingerprint density at radius 3 is 2.27 bits per heavy atom. The van der Waals surface area contributed by atoms with Crippen molar-refractivity contribution in [1.29, 1.82) is 0 Å². The first-order valence-electron chi connectivity index (χ1n) is 10.3. The van der Waals surface area contributed by atoms with Crippen LogP contribution in [-0.4, -0.2) is 62.8 Å². The average molecular weight is 432 g/mol. The molecule has 2 fully saturated rings. The maximum atomic E-state index is 14.0. The first-order chi connectivity index (χ1) is 14.4. The Labute approximate surface area is 176 Å². The highest BCUT2D eigenvalue weighted by molar-refractivity contribution is 7.89. The summed E-state index contributed by atoms with van der Waals surface area (Å²) in [5.74, 6) is -0.452. The predicted molar refractivity (Wildman–Crippen MR) is 114 cm³/mol. The minimum absolute atomic E-state index is 0.170. The first-order valence-corrected chi connectivity index (χ1v) is 11.7. The molecule has 2 heterocycles. The van der Waals surface area contributed by atoms with Gasteiger partial charge in [-0.25, -0.2) is 12.8 Å². The number of amides is 1. The highest BCUT2D eigenvalue weighted by Crippen LogP contribution is 2.25. The van der Waals surface area contributed by atoms with Crippen LogP contribution in [0.3, 0.4) is 0 Å². The Bertz CT molecular complexity index is 1040. The van der Waals surface area contributed by atoms with E-state index in [1.165, 1.54) is 16.4 Å². The standard InChI is InChI=1S/C22H26FN3O3S/c1-17-8-9-18(30(28,29)26-10-4-5-11-26)16-19(17)22(27)25-14-12-24(13-15-25)21-7-3-2-6-20(21)23/h2-3,6-9,16H,4-5,10-15H2,1H3. The summed E-state index contributed by atoms with van der Waals surface area (Å²) in [6.45, 7) is 4.82. The van der Waals surface area contributed by atoms with Gasteiger partial charge in [-0.1, -0.05) is 18.2 Å². The van der Waals surface area contributed by atoms with Crippen molar-refractivity contribution in [3.05, 3.63) is 59.4 Å². The number of sulfonamides is 1. The molecule has 160 valence electrons. The van der Waals surface area contributed by atoms with E-state index in [9.17, 15) is 17.6 Å². The Morgan fingerprint density at radius 2 is 1.60 bits per heavy atom. The van der Waals surface area contributed by atoms with Crippen LogP contribution in [0.2, 0.25) is 0 Å². The van der Waals surface area contributed by atoms with Gasteiger partial charge in [0, 0.05) is 44.8 Å². The van der Waals surface area contributed by atoms with Crippen LogP contribution in [0.5, 0.6) is 0 Å². The van der Waals surface area contributed by atoms with Crippen molar-refractivity contribution in [2.45, 2.75) is 24.7 Å². The summed E-state index contributed by atoms with van der Waals surface area (Å²) in [6.07, 6.45) is 1.73. The van der Waals surface area contributed by atoms with Crippen LogP contribution in [0.4, 0.5) is 10.1 Å². The van der Waals surface area contributed by atoms with Crippen molar-refractivity contribution in [3.8, 4) is 0 Å². The summed E-state index contributed by atoms with van der Waals surface area (Å²) in [5.41, 5.74) is 1.70. The highest BCUT2D eigenvalue weighted by Gasteiger charge is 2.29. The van der Waals surface area contributed by atoms with E-state index in [1.807, 2.05) is 11.8 Å². The van der Waals surface area contributed by atoms with Gasteiger partial charge in [0.05, 0.1) is 10.6 Å². The molecule has 8 heteroatoms. The Hall–Kier alpha value is -2.45. The van der Waals surface area contributed by atoms with Crippen LogP contribution in [-0.2, 0) is 10.0 Å². The van der Waals surface area contributed by atoms with Crippen LogP contribution < -0.4 is 4.90 Å². The summed E-state index contributed by atoms with van der Waals surface area (Å²) < 4.78 is 41.3. The van der Waals surface area contributed by atoms with Crippen LogP contribution in [0.25, 0.3) is 0 Å². The molecule has 2 aliphatic rings. The summed E-state index contributed by atoms with van der Waals surface area (Å²) in [5, 5.41) is 0. The second-order valence-corrected chi connectivity index (χ2v) is 9.76. The summed E-state index contributed by atoms with van der Waals surface area (Å²) in [6, 6.07) is 11.4. The molecule has 30 heavy (non-hydrogen) atoms. The van der Waals surface area contributed by atoms with Crippen molar-refractivity contribution in [2.24, 2.45) is 0 Å². The van der Waals surface area contributed by atoms with Gasteiger partial charge in [0.15, 0.2) is 0 Å². The van der Waals surface area contributed by atoms with Gasteiger partial charge in [-0.2, -0.15) is 4.31 Å². The minimum Gasteiger partial charge on any atom is -0.366 e. The first kappa shape index (κ1) is 20.8. The number of aryl methyl sites for hydroxylation is 1. The number of benzene rings is 2. The van der Waals surface area contributed by atoms with E-state index in [4.69, 9.17) is 0 Å². The Kier molecular flexibility index (Phi) is 5.79. The number of piperazine rings is 1. The maximum Gasteiger partial charge on any atom is 0.254 e. The zero-order valence-electron chi connectivity index (χ0n) is 17.1. The molecule has 0 radical (unpaired) electrons. The molecule has 0 aromatic heterocycles. The monoisotopic (exact) mass is 431 g/mol.